The van der Waals surface area contributed by atoms with Gasteiger partial charge in [0.15, 0.2) is 0 Å². The van der Waals surface area contributed by atoms with E-state index in [9.17, 15) is 9.18 Å². The summed E-state index contributed by atoms with van der Waals surface area (Å²) in [6.07, 6.45) is 2.89. The van der Waals surface area contributed by atoms with Crippen molar-refractivity contribution in [3.8, 4) is 12.3 Å². The van der Waals surface area contributed by atoms with Crippen molar-refractivity contribution in [1.82, 2.24) is 0 Å². The van der Waals surface area contributed by atoms with Crippen LogP contribution in [-0.4, -0.2) is 18.7 Å². The van der Waals surface area contributed by atoms with Crippen LogP contribution in [-0.2, 0) is 9.53 Å². The summed E-state index contributed by atoms with van der Waals surface area (Å²) in [6.45, 7) is 1.80. The van der Waals surface area contributed by atoms with Gasteiger partial charge in [-0.1, -0.05) is 0 Å². The molecule has 10 heavy (non-hydrogen) atoms. The van der Waals surface area contributed by atoms with Gasteiger partial charge in [-0.2, -0.15) is 0 Å². The highest BCUT2D eigenvalue weighted by Gasteiger charge is 2.16. The summed E-state index contributed by atoms with van der Waals surface area (Å²) in [5.74, 6) is 1.16. The van der Waals surface area contributed by atoms with Crippen LogP contribution in [0.1, 0.15) is 13.3 Å². The van der Waals surface area contributed by atoms with E-state index in [1.54, 1.807) is 6.92 Å². The quantitative estimate of drug-likeness (QED) is 0.434. The summed E-state index contributed by atoms with van der Waals surface area (Å²) in [6, 6.07) is 0. The van der Waals surface area contributed by atoms with Crippen LogP contribution in [0.4, 0.5) is 4.39 Å². The van der Waals surface area contributed by atoms with Gasteiger partial charge in [0, 0.05) is 0 Å². The highest BCUT2D eigenvalue weighted by Crippen LogP contribution is 1.98. The first-order chi connectivity index (χ1) is 4.72. The van der Waals surface area contributed by atoms with Gasteiger partial charge in [-0.3, -0.25) is 0 Å². The molecule has 0 fully saturated rings. The molecule has 0 aliphatic heterocycles. The van der Waals surface area contributed by atoms with Crippen LogP contribution in [0.3, 0.4) is 0 Å². The molecule has 0 aromatic rings. The van der Waals surface area contributed by atoms with Crippen molar-refractivity contribution in [3.63, 3.8) is 0 Å². The molecule has 0 amide bonds. The van der Waals surface area contributed by atoms with Crippen molar-refractivity contribution in [3.05, 3.63) is 0 Å². The average molecular weight is 144 g/mol. The number of ether oxygens (including phenoxy) is 1. The smallest absolute Gasteiger partial charge is 0.341 e. The van der Waals surface area contributed by atoms with Gasteiger partial charge in [0.2, 0.25) is 6.17 Å². The molecule has 0 aliphatic rings. The Labute approximate surface area is 59.4 Å². The van der Waals surface area contributed by atoms with Gasteiger partial charge in [0.25, 0.3) is 0 Å². The van der Waals surface area contributed by atoms with E-state index in [1.165, 1.54) is 0 Å². The Hall–Kier alpha value is -1.04. The van der Waals surface area contributed by atoms with E-state index in [4.69, 9.17) is 6.42 Å². The van der Waals surface area contributed by atoms with Crippen LogP contribution in [0.25, 0.3) is 0 Å². The normalized spacial score (nSPS) is 11.7. The van der Waals surface area contributed by atoms with Gasteiger partial charge in [0.1, 0.15) is 0 Å². The molecule has 1 unspecified atom stereocenters. The zero-order chi connectivity index (χ0) is 7.98. The van der Waals surface area contributed by atoms with Crippen LogP contribution in [0.2, 0.25) is 0 Å². The van der Waals surface area contributed by atoms with Crippen molar-refractivity contribution >= 4 is 5.97 Å². The molecule has 1 atom stereocenters. The van der Waals surface area contributed by atoms with Crippen molar-refractivity contribution in [2.75, 3.05) is 6.61 Å². The van der Waals surface area contributed by atoms with Gasteiger partial charge in [-0.05, 0) is 6.92 Å². The molecule has 0 aliphatic carbocycles. The zero-order valence-corrected chi connectivity index (χ0v) is 5.76. The number of carbonyl (C=O) groups is 1. The van der Waals surface area contributed by atoms with Gasteiger partial charge in [0.05, 0.1) is 13.0 Å². The summed E-state index contributed by atoms with van der Waals surface area (Å²) in [7, 11) is 0. The highest BCUT2D eigenvalue weighted by atomic mass is 19.1. The molecule has 3 heteroatoms. The fourth-order valence-corrected chi connectivity index (χ4v) is 0.419. The van der Waals surface area contributed by atoms with Crippen LogP contribution in [0.5, 0.6) is 0 Å². The standard InChI is InChI=1S/C7H9FO2/c1-3-5-6(8)7(9)10-4-2/h1,6H,4-5H2,2H3. The van der Waals surface area contributed by atoms with Crippen LogP contribution >= 0.6 is 0 Å². The second kappa shape index (κ2) is 4.80. The maximum atomic E-state index is 12.4. The monoisotopic (exact) mass is 144 g/mol. The van der Waals surface area contributed by atoms with E-state index in [-0.39, 0.29) is 13.0 Å². The summed E-state index contributed by atoms with van der Waals surface area (Å²) in [5.41, 5.74) is 0. The predicted octanol–water partition coefficient (Wildman–Crippen LogP) is 0.911. The molecule has 0 bridgehead atoms. The number of hydrogen-bond acceptors (Lipinski definition) is 2. The molecule has 0 radical (unpaired) electrons. The SMILES string of the molecule is C#CCC(F)C(=O)OCC. The summed E-state index contributed by atoms with van der Waals surface area (Å²) in [5, 5.41) is 0. The molecule has 0 saturated carbocycles. The molecular weight excluding hydrogens is 135 g/mol. The lowest BCUT2D eigenvalue weighted by Crippen LogP contribution is -2.17. The van der Waals surface area contributed by atoms with Crippen LogP contribution < -0.4 is 0 Å². The number of carbonyl (C=O) groups excluding carboxylic acids is 1. The minimum Gasteiger partial charge on any atom is -0.464 e. The zero-order valence-electron chi connectivity index (χ0n) is 5.76. The fraction of sp³-hybridized carbons (Fsp3) is 0.571. The van der Waals surface area contributed by atoms with Crippen molar-refractivity contribution in [2.45, 2.75) is 19.5 Å². The van der Waals surface area contributed by atoms with E-state index < -0.39 is 12.1 Å². The Morgan fingerprint density at radius 2 is 2.50 bits per heavy atom. The summed E-state index contributed by atoms with van der Waals surface area (Å²) >= 11 is 0. The minimum atomic E-state index is -1.66. The second-order valence-electron chi connectivity index (χ2n) is 1.63. The third-order valence-corrected chi connectivity index (χ3v) is 0.839. The number of alkyl halides is 1. The minimum absolute atomic E-state index is 0.184. The second-order valence-corrected chi connectivity index (χ2v) is 1.63. The number of rotatable bonds is 3. The molecule has 0 N–H and O–H groups in total. The molecule has 0 aromatic carbocycles. The van der Waals surface area contributed by atoms with E-state index in [2.05, 4.69) is 4.74 Å². The van der Waals surface area contributed by atoms with Gasteiger partial charge in [-0.25, -0.2) is 9.18 Å². The number of hydrogen-bond donors (Lipinski definition) is 0. The van der Waals surface area contributed by atoms with Gasteiger partial charge in [-0.15, -0.1) is 12.3 Å². The largest absolute Gasteiger partial charge is 0.464 e. The molecule has 2 nitrogen and oxygen atoms in total. The topological polar surface area (TPSA) is 26.3 Å². The van der Waals surface area contributed by atoms with Crippen LogP contribution in [0, 0.1) is 12.3 Å². The molecule has 0 saturated heterocycles. The van der Waals surface area contributed by atoms with Crippen LogP contribution in [0.15, 0.2) is 0 Å². The lowest BCUT2D eigenvalue weighted by atomic mass is 10.3. The lowest BCUT2D eigenvalue weighted by molar-refractivity contribution is -0.148. The van der Waals surface area contributed by atoms with Crippen molar-refractivity contribution < 1.29 is 13.9 Å². The first kappa shape index (κ1) is 8.96. The third kappa shape index (κ3) is 3.08. The molecule has 0 heterocycles. The summed E-state index contributed by atoms with van der Waals surface area (Å²) < 4.78 is 16.7. The first-order valence-electron chi connectivity index (χ1n) is 2.96. The number of esters is 1. The van der Waals surface area contributed by atoms with Gasteiger partial charge >= 0.3 is 5.97 Å². The molecular formula is C7H9FO2. The number of halogens is 1. The number of terminal acetylenes is 1. The molecule has 0 rings (SSSR count). The molecule has 56 valence electrons. The Morgan fingerprint density at radius 3 is 2.90 bits per heavy atom. The Bertz CT molecular complexity index is 148. The highest BCUT2D eigenvalue weighted by molar-refractivity contribution is 5.74. The third-order valence-electron chi connectivity index (χ3n) is 0.839. The van der Waals surface area contributed by atoms with E-state index in [1.807, 2.05) is 5.92 Å². The van der Waals surface area contributed by atoms with Crippen molar-refractivity contribution in [2.24, 2.45) is 0 Å². The van der Waals surface area contributed by atoms with E-state index in [0.717, 1.165) is 0 Å². The first-order valence-corrected chi connectivity index (χ1v) is 2.96. The lowest BCUT2D eigenvalue weighted by Gasteiger charge is -2.02. The maximum Gasteiger partial charge on any atom is 0.341 e. The van der Waals surface area contributed by atoms with E-state index in [0.29, 0.717) is 0 Å². The Morgan fingerprint density at radius 1 is 1.90 bits per heavy atom. The summed E-state index contributed by atoms with van der Waals surface area (Å²) in [4.78, 5) is 10.4. The average Bonchev–Trinajstić information content (AvgIpc) is 1.89. The fourth-order valence-electron chi connectivity index (χ4n) is 0.419. The van der Waals surface area contributed by atoms with Gasteiger partial charge < -0.3 is 4.74 Å². The van der Waals surface area contributed by atoms with E-state index >= 15 is 0 Å². The Kier molecular flexibility index (Phi) is 4.30. The molecule has 0 aromatic heterocycles. The molecule has 0 spiro atoms. The Balaban J connectivity index is 3.62. The maximum absolute atomic E-state index is 12.4. The predicted molar refractivity (Wildman–Crippen MR) is 35.0 cm³/mol. The van der Waals surface area contributed by atoms with Crippen molar-refractivity contribution in [1.29, 1.82) is 0 Å².